The Kier molecular flexibility index (Phi) is 4.69. The first kappa shape index (κ1) is 16.4. The van der Waals surface area contributed by atoms with Crippen LogP contribution in [0.3, 0.4) is 0 Å². The highest BCUT2D eigenvalue weighted by Gasteiger charge is 2.20. The van der Waals surface area contributed by atoms with E-state index in [1.54, 1.807) is 32.0 Å². The largest absolute Gasteiger partial charge is 0.265 e. The topological polar surface area (TPSA) is 72.0 Å². The number of sulfonamides is 1. The van der Waals surface area contributed by atoms with E-state index in [4.69, 9.17) is 0 Å². The van der Waals surface area contributed by atoms with Crippen LogP contribution in [0.5, 0.6) is 0 Å². The third-order valence-corrected chi connectivity index (χ3v) is 5.85. The Morgan fingerprint density at radius 2 is 1.52 bits per heavy atom. The van der Waals surface area contributed by atoms with Gasteiger partial charge in [0, 0.05) is 20.3 Å². The fourth-order valence-corrected chi connectivity index (χ4v) is 4.40. The van der Waals surface area contributed by atoms with Gasteiger partial charge < -0.3 is 0 Å². The monoisotopic (exact) mass is 433 g/mol. The molecule has 1 heterocycles. The van der Waals surface area contributed by atoms with Crippen molar-refractivity contribution in [1.82, 2.24) is 9.97 Å². The minimum absolute atomic E-state index is 0.0658. The van der Waals surface area contributed by atoms with E-state index in [2.05, 4.69) is 46.5 Å². The average molecular weight is 435 g/mol. The average Bonchev–Trinajstić information content (AvgIpc) is 2.31. The Morgan fingerprint density at radius 3 is 2.10 bits per heavy atom. The maximum Gasteiger partial charge on any atom is 0.265 e. The predicted molar refractivity (Wildman–Crippen MR) is 88.9 cm³/mol. The predicted octanol–water partition coefficient (Wildman–Crippen LogP) is 3.73. The fourth-order valence-electron chi connectivity index (χ4n) is 1.78. The molecule has 0 radical (unpaired) electrons. The molecule has 112 valence electrons. The quantitative estimate of drug-likeness (QED) is 0.798. The minimum Gasteiger partial charge on any atom is -0.247 e. The van der Waals surface area contributed by atoms with Crippen LogP contribution in [0.1, 0.15) is 17.0 Å². The van der Waals surface area contributed by atoms with Crippen molar-refractivity contribution in [2.45, 2.75) is 25.7 Å². The van der Waals surface area contributed by atoms with Gasteiger partial charge in [0.05, 0.1) is 0 Å². The minimum atomic E-state index is -3.77. The van der Waals surface area contributed by atoms with E-state index < -0.39 is 10.0 Å². The number of halogens is 2. The summed E-state index contributed by atoms with van der Waals surface area (Å²) in [6.45, 7) is 5.45. The number of nitrogens with one attached hydrogen (secondary N) is 1. The molecule has 0 aliphatic rings. The van der Waals surface area contributed by atoms with Gasteiger partial charge in [0.15, 0.2) is 0 Å². The van der Waals surface area contributed by atoms with Crippen molar-refractivity contribution < 1.29 is 8.42 Å². The Balaban J connectivity index is 2.45. The van der Waals surface area contributed by atoms with Crippen molar-refractivity contribution in [2.24, 2.45) is 0 Å². The highest BCUT2D eigenvalue weighted by molar-refractivity contribution is 9.11. The first-order chi connectivity index (χ1) is 9.69. The Labute approximate surface area is 140 Å². The molecule has 2 rings (SSSR count). The van der Waals surface area contributed by atoms with E-state index in [1.165, 1.54) is 0 Å². The molecule has 1 aromatic heterocycles. The highest BCUT2D eigenvalue weighted by Crippen LogP contribution is 2.29. The number of hydrogen-bond acceptors (Lipinski definition) is 4. The zero-order valence-corrected chi connectivity index (χ0v) is 15.6. The van der Waals surface area contributed by atoms with Crippen LogP contribution in [-0.4, -0.2) is 18.4 Å². The third-order valence-electron chi connectivity index (χ3n) is 2.71. The van der Waals surface area contributed by atoms with Gasteiger partial charge in [-0.3, -0.25) is 0 Å². The molecule has 0 atom stereocenters. The van der Waals surface area contributed by atoms with Gasteiger partial charge in [-0.25, -0.2) is 23.1 Å². The normalized spacial score (nSPS) is 11.5. The molecule has 0 bridgehead atoms. The summed E-state index contributed by atoms with van der Waals surface area (Å²) in [5, 5.41) is 0. The summed E-state index contributed by atoms with van der Waals surface area (Å²) in [6, 6.07) is 5.06. The van der Waals surface area contributed by atoms with E-state index in [-0.39, 0.29) is 10.8 Å². The molecule has 0 spiro atoms. The SMILES string of the molecule is Cc1cc(C)nc(NS(=O)(=O)c2cc(Br)c(C)cc2Br)n1. The molecule has 0 unspecified atom stereocenters. The number of rotatable bonds is 3. The van der Waals surface area contributed by atoms with E-state index in [0.717, 1.165) is 5.56 Å². The van der Waals surface area contributed by atoms with Crippen molar-refractivity contribution in [3.8, 4) is 0 Å². The van der Waals surface area contributed by atoms with E-state index in [0.29, 0.717) is 20.3 Å². The standard InChI is InChI=1S/C13H13Br2N3O2S/c1-7-4-11(15)12(6-10(7)14)21(19,20)18-13-16-8(2)5-9(3)17-13/h4-6H,1-3H3,(H,16,17,18). The first-order valence-electron chi connectivity index (χ1n) is 6.00. The number of benzene rings is 1. The summed E-state index contributed by atoms with van der Waals surface area (Å²) in [4.78, 5) is 8.30. The summed E-state index contributed by atoms with van der Waals surface area (Å²) in [7, 11) is -3.77. The zero-order chi connectivity index (χ0) is 15.8. The number of anilines is 1. The lowest BCUT2D eigenvalue weighted by molar-refractivity contribution is 0.600. The lowest BCUT2D eigenvalue weighted by Crippen LogP contribution is -2.16. The molecule has 0 aliphatic carbocycles. The molecule has 2 aromatic rings. The molecule has 8 heteroatoms. The van der Waals surface area contributed by atoms with Gasteiger partial charge in [-0.2, -0.15) is 0 Å². The molecule has 5 nitrogen and oxygen atoms in total. The summed E-state index contributed by atoms with van der Waals surface area (Å²) in [5.74, 6) is 0.0658. The highest BCUT2D eigenvalue weighted by atomic mass is 79.9. The van der Waals surface area contributed by atoms with Gasteiger partial charge in [0.1, 0.15) is 4.90 Å². The fraction of sp³-hybridized carbons (Fsp3) is 0.231. The molecule has 0 fully saturated rings. The smallest absolute Gasteiger partial charge is 0.247 e. The Morgan fingerprint density at radius 1 is 0.952 bits per heavy atom. The molecule has 21 heavy (non-hydrogen) atoms. The molecule has 1 N–H and O–H groups in total. The van der Waals surface area contributed by atoms with Crippen LogP contribution in [0.25, 0.3) is 0 Å². The van der Waals surface area contributed by atoms with E-state index in [1.807, 2.05) is 6.92 Å². The first-order valence-corrected chi connectivity index (χ1v) is 9.07. The molecular formula is C13H13Br2N3O2S. The van der Waals surface area contributed by atoms with Crippen LogP contribution in [0, 0.1) is 20.8 Å². The Hall–Kier alpha value is -0.990. The van der Waals surface area contributed by atoms with Gasteiger partial charge >= 0.3 is 0 Å². The van der Waals surface area contributed by atoms with Crippen molar-refractivity contribution in [3.63, 3.8) is 0 Å². The van der Waals surface area contributed by atoms with Gasteiger partial charge in [-0.05, 0) is 60.5 Å². The van der Waals surface area contributed by atoms with Gasteiger partial charge in [-0.1, -0.05) is 15.9 Å². The second kappa shape index (κ2) is 6.02. The molecule has 0 aliphatic heterocycles. The molecule has 1 aromatic carbocycles. The third kappa shape index (κ3) is 3.81. The number of hydrogen-bond donors (Lipinski definition) is 1. The van der Waals surface area contributed by atoms with Crippen LogP contribution in [-0.2, 0) is 10.0 Å². The van der Waals surface area contributed by atoms with Gasteiger partial charge in [0.2, 0.25) is 5.95 Å². The molecule has 0 saturated heterocycles. The van der Waals surface area contributed by atoms with Crippen LogP contribution in [0.4, 0.5) is 5.95 Å². The van der Waals surface area contributed by atoms with Crippen LogP contribution < -0.4 is 4.72 Å². The second-order valence-corrected chi connectivity index (χ2v) is 7.97. The van der Waals surface area contributed by atoms with Gasteiger partial charge in [-0.15, -0.1) is 0 Å². The van der Waals surface area contributed by atoms with Crippen molar-refractivity contribution in [2.75, 3.05) is 4.72 Å². The summed E-state index contributed by atoms with van der Waals surface area (Å²) in [6.07, 6.45) is 0. The molecule has 0 saturated carbocycles. The van der Waals surface area contributed by atoms with E-state index >= 15 is 0 Å². The van der Waals surface area contributed by atoms with Crippen molar-refractivity contribution in [3.05, 3.63) is 44.1 Å². The van der Waals surface area contributed by atoms with Crippen LogP contribution in [0.15, 0.2) is 32.0 Å². The lowest BCUT2D eigenvalue weighted by Gasteiger charge is -2.11. The van der Waals surface area contributed by atoms with Crippen molar-refractivity contribution >= 4 is 47.8 Å². The lowest BCUT2D eigenvalue weighted by atomic mass is 10.2. The Bertz CT molecular complexity index is 787. The number of aromatic nitrogens is 2. The van der Waals surface area contributed by atoms with Crippen LogP contribution >= 0.6 is 31.9 Å². The zero-order valence-electron chi connectivity index (χ0n) is 11.6. The maximum absolute atomic E-state index is 12.5. The number of nitrogens with zero attached hydrogens (tertiary/aromatic N) is 2. The molecular weight excluding hydrogens is 422 g/mol. The van der Waals surface area contributed by atoms with E-state index in [9.17, 15) is 8.42 Å². The van der Waals surface area contributed by atoms with Crippen LogP contribution in [0.2, 0.25) is 0 Å². The maximum atomic E-state index is 12.5. The van der Waals surface area contributed by atoms with Crippen molar-refractivity contribution in [1.29, 1.82) is 0 Å². The summed E-state index contributed by atoms with van der Waals surface area (Å²) >= 11 is 6.62. The van der Waals surface area contributed by atoms with Gasteiger partial charge in [0.25, 0.3) is 10.0 Å². The second-order valence-electron chi connectivity index (χ2n) is 4.61. The number of aryl methyl sites for hydroxylation is 3. The molecule has 0 amide bonds. The summed E-state index contributed by atoms with van der Waals surface area (Å²) in [5.41, 5.74) is 2.33. The summed E-state index contributed by atoms with van der Waals surface area (Å²) < 4.78 is 28.5.